The first kappa shape index (κ1) is 21.4. The van der Waals surface area contributed by atoms with E-state index < -0.39 is 23.5 Å². The first-order chi connectivity index (χ1) is 14.1. The third-order valence-electron chi connectivity index (χ3n) is 4.64. The fourth-order valence-electron chi connectivity index (χ4n) is 3.18. The molecule has 0 fully saturated rings. The molecular formula is C23H24N2O5. The van der Waals surface area contributed by atoms with Crippen LogP contribution in [-0.2, 0) is 9.53 Å². The minimum absolute atomic E-state index is 0.159. The van der Waals surface area contributed by atoms with Crippen LogP contribution in [0.25, 0.3) is 0 Å². The number of hydrogen-bond acceptors (Lipinski definition) is 6. The van der Waals surface area contributed by atoms with Crippen LogP contribution in [0.2, 0.25) is 0 Å². The molecule has 1 unspecified atom stereocenters. The summed E-state index contributed by atoms with van der Waals surface area (Å²) >= 11 is 0. The molecule has 7 heteroatoms. The minimum atomic E-state index is -0.858. The maximum atomic E-state index is 12.8. The van der Waals surface area contributed by atoms with Crippen molar-refractivity contribution in [2.45, 2.75) is 38.8 Å². The highest BCUT2D eigenvalue weighted by molar-refractivity contribution is 6.28. The van der Waals surface area contributed by atoms with Crippen LogP contribution in [0.3, 0.4) is 0 Å². The van der Waals surface area contributed by atoms with Gasteiger partial charge in [0.25, 0.3) is 5.91 Å². The summed E-state index contributed by atoms with van der Waals surface area (Å²) in [5.41, 5.74) is 6.60. The van der Waals surface area contributed by atoms with Gasteiger partial charge in [-0.2, -0.15) is 0 Å². The van der Waals surface area contributed by atoms with Gasteiger partial charge in [-0.25, -0.2) is 0 Å². The van der Waals surface area contributed by atoms with Gasteiger partial charge in [0.15, 0.2) is 11.6 Å². The molecule has 30 heavy (non-hydrogen) atoms. The number of nitrogens with one attached hydrogen (secondary N) is 1. The van der Waals surface area contributed by atoms with E-state index in [9.17, 15) is 19.2 Å². The molecule has 0 bridgehead atoms. The number of carbonyl (C=O) groups is 4. The van der Waals surface area contributed by atoms with Crippen LogP contribution in [0.1, 0.15) is 69.4 Å². The van der Waals surface area contributed by atoms with Crippen LogP contribution in [0.15, 0.2) is 42.5 Å². The Hall–Kier alpha value is -3.32. The van der Waals surface area contributed by atoms with Crippen LogP contribution in [0, 0.1) is 0 Å². The smallest absolute Gasteiger partial charge is 0.323 e. The van der Waals surface area contributed by atoms with Gasteiger partial charge in [-0.15, -0.1) is 0 Å². The Kier molecular flexibility index (Phi) is 5.85. The van der Waals surface area contributed by atoms with Crippen molar-refractivity contribution in [2.75, 3.05) is 6.54 Å². The predicted octanol–water partition coefficient (Wildman–Crippen LogP) is 2.25. The van der Waals surface area contributed by atoms with Crippen LogP contribution in [0.5, 0.6) is 0 Å². The summed E-state index contributed by atoms with van der Waals surface area (Å²) in [6, 6.07) is 10.2. The number of amides is 1. The van der Waals surface area contributed by atoms with E-state index in [0.717, 1.165) is 0 Å². The molecule has 0 spiro atoms. The molecule has 0 aromatic heterocycles. The lowest BCUT2D eigenvalue weighted by Gasteiger charge is -2.22. The van der Waals surface area contributed by atoms with Crippen LogP contribution < -0.4 is 11.1 Å². The highest BCUT2D eigenvalue weighted by Gasteiger charge is 2.30. The molecule has 7 nitrogen and oxygen atoms in total. The van der Waals surface area contributed by atoms with Crippen LogP contribution in [0.4, 0.5) is 0 Å². The summed E-state index contributed by atoms with van der Waals surface area (Å²) in [7, 11) is 0. The number of fused-ring (bicyclic) bond motifs is 2. The van der Waals surface area contributed by atoms with Gasteiger partial charge in [0.2, 0.25) is 0 Å². The van der Waals surface area contributed by atoms with E-state index in [1.54, 1.807) is 45.0 Å². The zero-order valence-corrected chi connectivity index (χ0v) is 17.2. The van der Waals surface area contributed by atoms with Gasteiger partial charge in [-0.05, 0) is 45.4 Å². The van der Waals surface area contributed by atoms with Gasteiger partial charge in [0, 0.05) is 34.4 Å². The van der Waals surface area contributed by atoms with Crippen LogP contribution in [-0.4, -0.2) is 41.6 Å². The van der Waals surface area contributed by atoms with Crippen molar-refractivity contribution in [1.29, 1.82) is 0 Å². The largest absolute Gasteiger partial charge is 0.459 e. The van der Waals surface area contributed by atoms with Crippen molar-refractivity contribution >= 4 is 23.4 Å². The average molecular weight is 408 g/mol. The monoisotopic (exact) mass is 408 g/mol. The molecule has 3 rings (SSSR count). The standard InChI is InChI=1S/C23H24N2O5/c1-23(2,3)30-22(29)18(24)10-11-25-21(28)13-8-9-16-17(12-13)20(27)15-7-5-4-6-14(15)19(16)26/h4-9,12,18H,10-11,24H2,1-3H3,(H,25,28). The van der Waals surface area contributed by atoms with Gasteiger partial charge in [0.05, 0.1) is 0 Å². The van der Waals surface area contributed by atoms with Crippen molar-refractivity contribution in [2.24, 2.45) is 5.73 Å². The van der Waals surface area contributed by atoms with E-state index in [1.807, 2.05) is 0 Å². The molecule has 0 radical (unpaired) electrons. The Morgan fingerprint density at radius 3 is 2.13 bits per heavy atom. The molecule has 0 saturated carbocycles. The predicted molar refractivity (Wildman–Crippen MR) is 111 cm³/mol. The zero-order chi connectivity index (χ0) is 22.1. The topological polar surface area (TPSA) is 116 Å². The molecule has 1 amide bonds. The van der Waals surface area contributed by atoms with E-state index in [-0.39, 0.29) is 41.2 Å². The van der Waals surface area contributed by atoms with Gasteiger partial charge >= 0.3 is 5.97 Å². The van der Waals surface area contributed by atoms with Crippen molar-refractivity contribution in [3.05, 3.63) is 70.3 Å². The van der Waals surface area contributed by atoms with E-state index in [0.29, 0.717) is 11.1 Å². The Bertz CT molecular complexity index is 1040. The zero-order valence-electron chi connectivity index (χ0n) is 17.2. The lowest BCUT2D eigenvalue weighted by Crippen LogP contribution is -2.40. The molecule has 2 aromatic carbocycles. The number of esters is 1. The molecule has 3 N–H and O–H groups in total. The minimum Gasteiger partial charge on any atom is -0.459 e. The molecule has 156 valence electrons. The molecule has 0 aliphatic heterocycles. The lowest BCUT2D eigenvalue weighted by molar-refractivity contribution is -0.156. The Labute approximate surface area is 174 Å². The molecule has 2 aromatic rings. The first-order valence-corrected chi connectivity index (χ1v) is 9.67. The number of hydrogen-bond donors (Lipinski definition) is 2. The van der Waals surface area contributed by atoms with E-state index in [4.69, 9.17) is 10.5 Å². The fraction of sp³-hybridized carbons (Fsp3) is 0.304. The second-order valence-electron chi connectivity index (χ2n) is 8.15. The van der Waals surface area contributed by atoms with E-state index in [2.05, 4.69) is 5.32 Å². The van der Waals surface area contributed by atoms with Crippen molar-refractivity contribution in [1.82, 2.24) is 5.32 Å². The molecular weight excluding hydrogens is 384 g/mol. The number of nitrogens with two attached hydrogens (primary N) is 1. The number of rotatable bonds is 5. The molecule has 1 aliphatic rings. The summed E-state index contributed by atoms with van der Waals surface area (Å²) in [5, 5.41) is 2.68. The molecule has 0 heterocycles. The maximum absolute atomic E-state index is 12.8. The maximum Gasteiger partial charge on any atom is 0.323 e. The van der Waals surface area contributed by atoms with Gasteiger partial charge in [-0.3, -0.25) is 19.2 Å². The first-order valence-electron chi connectivity index (χ1n) is 9.67. The van der Waals surface area contributed by atoms with Crippen molar-refractivity contribution in [3.8, 4) is 0 Å². The summed E-state index contributed by atoms with van der Waals surface area (Å²) in [5.74, 6) is -1.49. The highest BCUT2D eigenvalue weighted by Crippen LogP contribution is 2.27. The summed E-state index contributed by atoms with van der Waals surface area (Å²) < 4.78 is 5.21. The summed E-state index contributed by atoms with van der Waals surface area (Å²) in [6.07, 6.45) is 0.205. The average Bonchev–Trinajstić information content (AvgIpc) is 2.70. The van der Waals surface area contributed by atoms with Gasteiger partial charge in [-0.1, -0.05) is 24.3 Å². The van der Waals surface area contributed by atoms with Crippen molar-refractivity contribution in [3.63, 3.8) is 0 Å². The van der Waals surface area contributed by atoms with E-state index in [1.165, 1.54) is 18.2 Å². The quantitative estimate of drug-likeness (QED) is 0.626. The summed E-state index contributed by atoms with van der Waals surface area (Å²) in [6.45, 7) is 5.41. The molecule has 1 atom stereocenters. The fourth-order valence-corrected chi connectivity index (χ4v) is 3.18. The van der Waals surface area contributed by atoms with Gasteiger partial charge < -0.3 is 15.8 Å². The Morgan fingerprint density at radius 2 is 1.53 bits per heavy atom. The third kappa shape index (κ3) is 4.46. The molecule has 0 saturated heterocycles. The number of ether oxygens (including phenoxy) is 1. The van der Waals surface area contributed by atoms with E-state index >= 15 is 0 Å². The Morgan fingerprint density at radius 1 is 0.967 bits per heavy atom. The second-order valence-corrected chi connectivity index (χ2v) is 8.15. The summed E-state index contributed by atoms with van der Waals surface area (Å²) in [4.78, 5) is 49.8. The third-order valence-corrected chi connectivity index (χ3v) is 4.64. The number of benzene rings is 2. The SMILES string of the molecule is CC(C)(C)OC(=O)C(N)CCNC(=O)c1ccc2c(c1)C(=O)c1ccccc1C2=O. The lowest BCUT2D eigenvalue weighted by atomic mass is 9.83. The molecule has 1 aliphatic carbocycles. The van der Waals surface area contributed by atoms with Gasteiger partial charge in [0.1, 0.15) is 11.6 Å². The number of carbonyl (C=O) groups excluding carboxylic acids is 4. The normalized spacial score (nSPS) is 13.9. The second kappa shape index (κ2) is 8.20. The van der Waals surface area contributed by atoms with Crippen LogP contribution >= 0.6 is 0 Å². The number of ketones is 2. The highest BCUT2D eigenvalue weighted by atomic mass is 16.6. The Balaban J connectivity index is 1.67. The van der Waals surface area contributed by atoms with Crippen molar-refractivity contribution < 1.29 is 23.9 Å².